The summed E-state index contributed by atoms with van der Waals surface area (Å²) in [6.07, 6.45) is 3.90. The second-order valence-corrected chi connectivity index (χ2v) is 9.53. The molecule has 0 fully saturated rings. The van der Waals surface area contributed by atoms with Crippen molar-refractivity contribution in [3.63, 3.8) is 0 Å². The minimum atomic E-state index is -1.26. The van der Waals surface area contributed by atoms with Crippen LogP contribution in [-0.4, -0.2) is 86.2 Å². The van der Waals surface area contributed by atoms with E-state index < -0.39 is 54.0 Å². The fourth-order valence-electron chi connectivity index (χ4n) is 3.41. The number of nitrogens with zero attached hydrogens (tertiary/aromatic N) is 1. The van der Waals surface area contributed by atoms with Gasteiger partial charge in [-0.15, -0.1) is 0 Å². The van der Waals surface area contributed by atoms with Crippen LogP contribution in [0.3, 0.4) is 0 Å². The summed E-state index contributed by atoms with van der Waals surface area (Å²) in [6.45, 7) is 1.36. The van der Waals surface area contributed by atoms with Gasteiger partial charge in [0.15, 0.2) is 0 Å². The first kappa shape index (κ1) is 29.8. The van der Waals surface area contributed by atoms with Gasteiger partial charge in [-0.05, 0) is 30.9 Å². The van der Waals surface area contributed by atoms with Gasteiger partial charge in [-0.25, -0.2) is 9.78 Å². The third-order valence-electron chi connectivity index (χ3n) is 5.58. The lowest BCUT2D eigenvalue weighted by molar-refractivity contribution is -0.142. The molecule has 1 aromatic carbocycles. The number of nitrogens with two attached hydrogens (primary N) is 1. The SMILES string of the molecule is CSCCC(NC(=O)C(N)C(C)O)C(=O)NC(Cc1ccccc1)C(=O)NC(Cc1cnc[nH]1)C(=O)O. The van der Waals surface area contributed by atoms with E-state index >= 15 is 0 Å². The Kier molecular flexibility index (Phi) is 12.1. The van der Waals surface area contributed by atoms with Gasteiger partial charge in [0.05, 0.1) is 12.4 Å². The number of aromatic nitrogens is 2. The summed E-state index contributed by atoms with van der Waals surface area (Å²) in [5.74, 6) is -2.74. The van der Waals surface area contributed by atoms with Gasteiger partial charge >= 0.3 is 5.97 Å². The summed E-state index contributed by atoms with van der Waals surface area (Å²) < 4.78 is 0. The number of carbonyl (C=O) groups excluding carboxylic acids is 3. The molecule has 0 aliphatic heterocycles. The second-order valence-electron chi connectivity index (χ2n) is 8.54. The molecule has 0 aliphatic rings. The van der Waals surface area contributed by atoms with Crippen LogP contribution in [0.4, 0.5) is 0 Å². The zero-order chi connectivity index (χ0) is 27.4. The first-order chi connectivity index (χ1) is 17.6. The van der Waals surface area contributed by atoms with Crippen LogP contribution in [0, 0.1) is 0 Å². The Morgan fingerprint density at radius 1 is 1.00 bits per heavy atom. The molecule has 0 radical (unpaired) electrons. The van der Waals surface area contributed by atoms with Gasteiger partial charge in [0.1, 0.15) is 24.2 Å². The highest BCUT2D eigenvalue weighted by Crippen LogP contribution is 2.08. The van der Waals surface area contributed by atoms with E-state index in [9.17, 15) is 29.4 Å². The van der Waals surface area contributed by atoms with Gasteiger partial charge in [0.25, 0.3) is 0 Å². The lowest BCUT2D eigenvalue weighted by atomic mass is 10.0. The number of H-pyrrole nitrogens is 1. The lowest BCUT2D eigenvalue weighted by Gasteiger charge is -2.25. The highest BCUT2D eigenvalue weighted by Gasteiger charge is 2.31. The number of hydrogen-bond donors (Lipinski definition) is 7. The fourth-order valence-corrected chi connectivity index (χ4v) is 3.88. The number of thioether (sulfide) groups is 1. The first-order valence-electron chi connectivity index (χ1n) is 11.7. The Bertz CT molecular complexity index is 1020. The average Bonchev–Trinajstić information content (AvgIpc) is 3.38. The molecule has 0 aliphatic carbocycles. The number of rotatable bonds is 15. The third kappa shape index (κ3) is 9.86. The number of aliphatic hydroxyl groups excluding tert-OH is 1. The Hall–Kier alpha value is -3.42. The van der Waals surface area contributed by atoms with Gasteiger partial charge in [-0.2, -0.15) is 11.8 Å². The van der Waals surface area contributed by atoms with E-state index in [2.05, 4.69) is 25.9 Å². The molecule has 0 bridgehead atoms. The molecular formula is C24H34N6O6S. The number of benzene rings is 1. The number of hydrogen-bond acceptors (Lipinski definition) is 8. The smallest absolute Gasteiger partial charge is 0.326 e. The average molecular weight is 535 g/mol. The van der Waals surface area contributed by atoms with Crippen molar-refractivity contribution < 1.29 is 29.4 Å². The van der Waals surface area contributed by atoms with Crippen molar-refractivity contribution in [1.29, 1.82) is 0 Å². The van der Waals surface area contributed by atoms with Crippen LogP contribution in [-0.2, 0) is 32.0 Å². The maximum Gasteiger partial charge on any atom is 0.326 e. The quantitative estimate of drug-likeness (QED) is 0.153. The fraction of sp³-hybridized carbons (Fsp3) is 0.458. The Labute approximate surface area is 219 Å². The highest BCUT2D eigenvalue weighted by atomic mass is 32.2. The molecule has 0 saturated heterocycles. The number of aromatic amines is 1. The van der Waals surface area contributed by atoms with Crippen LogP contribution >= 0.6 is 11.8 Å². The monoisotopic (exact) mass is 534 g/mol. The number of amides is 3. The molecule has 2 rings (SSSR count). The first-order valence-corrected chi connectivity index (χ1v) is 13.1. The van der Waals surface area contributed by atoms with Gasteiger partial charge < -0.3 is 36.9 Å². The molecule has 2 aromatic rings. The number of carbonyl (C=O) groups is 4. The van der Waals surface area contributed by atoms with E-state index in [4.69, 9.17) is 5.73 Å². The molecule has 0 saturated carbocycles. The van der Waals surface area contributed by atoms with Crippen LogP contribution in [0.15, 0.2) is 42.9 Å². The van der Waals surface area contributed by atoms with E-state index in [1.54, 1.807) is 30.3 Å². The van der Waals surface area contributed by atoms with E-state index in [-0.39, 0.29) is 19.3 Å². The van der Waals surface area contributed by atoms with E-state index in [1.165, 1.54) is 31.2 Å². The van der Waals surface area contributed by atoms with Crippen molar-refractivity contribution in [2.45, 2.75) is 56.5 Å². The van der Waals surface area contributed by atoms with Crippen molar-refractivity contribution in [1.82, 2.24) is 25.9 Å². The summed E-state index contributed by atoms with van der Waals surface area (Å²) in [4.78, 5) is 57.3. The number of nitrogens with one attached hydrogen (secondary N) is 4. The van der Waals surface area contributed by atoms with Gasteiger partial charge in [0.2, 0.25) is 17.7 Å². The summed E-state index contributed by atoms with van der Waals surface area (Å²) >= 11 is 1.47. The summed E-state index contributed by atoms with van der Waals surface area (Å²) in [7, 11) is 0. The number of aliphatic hydroxyl groups is 1. The maximum atomic E-state index is 13.2. The van der Waals surface area contributed by atoms with Crippen LogP contribution in [0.2, 0.25) is 0 Å². The van der Waals surface area contributed by atoms with Crippen LogP contribution in [0.5, 0.6) is 0 Å². The Morgan fingerprint density at radius 3 is 2.19 bits per heavy atom. The molecule has 13 heteroatoms. The molecule has 3 amide bonds. The molecule has 12 nitrogen and oxygen atoms in total. The Morgan fingerprint density at radius 2 is 1.62 bits per heavy atom. The van der Waals surface area contributed by atoms with Gasteiger partial charge in [0, 0.05) is 24.7 Å². The second kappa shape index (κ2) is 15.0. The van der Waals surface area contributed by atoms with Crippen LogP contribution in [0.25, 0.3) is 0 Å². The summed E-state index contributed by atoms with van der Waals surface area (Å²) in [5, 5.41) is 27.0. The van der Waals surface area contributed by atoms with Crippen molar-refractivity contribution >= 4 is 35.5 Å². The van der Waals surface area contributed by atoms with Crippen LogP contribution < -0.4 is 21.7 Å². The molecule has 8 N–H and O–H groups in total. The van der Waals surface area contributed by atoms with Gasteiger partial charge in [-0.1, -0.05) is 30.3 Å². The zero-order valence-corrected chi connectivity index (χ0v) is 21.5. The minimum Gasteiger partial charge on any atom is -0.480 e. The normalized spacial score (nSPS) is 15.0. The number of carboxylic acid groups (broad SMARTS) is 1. The molecule has 1 aromatic heterocycles. The molecule has 1 heterocycles. The molecular weight excluding hydrogens is 500 g/mol. The topological polar surface area (TPSA) is 200 Å². The maximum absolute atomic E-state index is 13.2. The zero-order valence-electron chi connectivity index (χ0n) is 20.7. The largest absolute Gasteiger partial charge is 0.480 e. The predicted octanol–water partition coefficient (Wildman–Crippen LogP) is -0.805. The summed E-state index contributed by atoms with van der Waals surface area (Å²) in [5.41, 5.74) is 6.96. The number of imidazole rings is 1. The van der Waals surface area contributed by atoms with E-state index in [0.29, 0.717) is 11.4 Å². The van der Waals surface area contributed by atoms with Crippen molar-refractivity contribution in [3.8, 4) is 0 Å². The molecule has 202 valence electrons. The minimum absolute atomic E-state index is 0.0310. The molecule has 5 atom stereocenters. The molecule has 0 spiro atoms. The van der Waals surface area contributed by atoms with Crippen molar-refractivity contribution in [3.05, 3.63) is 54.1 Å². The van der Waals surface area contributed by atoms with Gasteiger partial charge in [-0.3, -0.25) is 14.4 Å². The lowest BCUT2D eigenvalue weighted by Crippen LogP contribution is -2.58. The number of aliphatic carboxylic acids is 1. The third-order valence-corrected chi connectivity index (χ3v) is 6.22. The number of carboxylic acids is 1. The van der Waals surface area contributed by atoms with Crippen molar-refractivity contribution in [2.75, 3.05) is 12.0 Å². The predicted molar refractivity (Wildman–Crippen MR) is 139 cm³/mol. The van der Waals surface area contributed by atoms with Crippen LogP contribution in [0.1, 0.15) is 24.6 Å². The molecule has 37 heavy (non-hydrogen) atoms. The van der Waals surface area contributed by atoms with E-state index in [0.717, 1.165) is 5.56 Å². The Balaban J connectivity index is 2.22. The van der Waals surface area contributed by atoms with E-state index in [1.807, 2.05) is 6.26 Å². The standard InChI is InChI=1S/C24H34N6O6S/c1-14(31)20(25)23(34)28-17(8-9-37-2)21(32)29-18(10-15-6-4-3-5-7-15)22(33)30-19(24(35)36)11-16-12-26-13-27-16/h3-7,12-14,17-20,31H,8-11,25H2,1-2H3,(H,26,27)(H,28,34)(H,29,32)(H,30,33)(H,35,36). The highest BCUT2D eigenvalue weighted by molar-refractivity contribution is 7.98. The molecule has 5 unspecified atom stereocenters. The summed E-state index contributed by atoms with van der Waals surface area (Å²) in [6, 6.07) is 4.29. The van der Waals surface area contributed by atoms with Crippen molar-refractivity contribution in [2.24, 2.45) is 5.73 Å².